The minimum atomic E-state index is -0.377. The van der Waals surface area contributed by atoms with Crippen LogP contribution in [0, 0.1) is 6.92 Å². The average Bonchev–Trinajstić information content (AvgIpc) is 2.20. The van der Waals surface area contributed by atoms with Crippen LogP contribution in [0.2, 0.25) is 0 Å². The van der Waals surface area contributed by atoms with Crippen molar-refractivity contribution >= 4 is 12.0 Å². The molecular formula is C12H14O3. The third kappa shape index (κ3) is 3.46. The summed E-state index contributed by atoms with van der Waals surface area (Å²) in [5.41, 5.74) is 1.58. The van der Waals surface area contributed by atoms with E-state index in [4.69, 9.17) is 4.74 Å². The van der Waals surface area contributed by atoms with Crippen molar-refractivity contribution in [2.45, 2.75) is 13.8 Å². The van der Waals surface area contributed by atoms with Crippen molar-refractivity contribution in [2.75, 3.05) is 6.61 Å². The summed E-state index contributed by atoms with van der Waals surface area (Å²) < 4.78 is 4.73. The van der Waals surface area contributed by atoms with Gasteiger partial charge in [-0.3, -0.25) is 0 Å². The summed E-state index contributed by atoms with van der Waals surface area (Å²) in [5, 5.41) is 9.42. The van der Waals surface area contributed by atoms with Crippen molar-refractivity contribution in [3.8, 4) is 5.75 Å². The van der Waals surface area contributed by atoms with Crippen LogP contribution in [-0.4, -0.2) is 17.7 Å². The molecule has 0 unspecified atom stereocenters. The van der Waals surface area contributed by atoms with Gasteiger partial charge in [0.1, 0.15) is 5.75 Å². The van der Waals surface area contributed by atoms with Crippen molar-refractivity contribution < 1.29 is 14.6 Å². The molecule has 3 nitrogen and oxygen atoms in total. The first-order valence-electron chi connectivity index (χ1n) is 4.78. The number of benzene rings is 1. The molecule has 0 heterocycles. The Kier molecular flexibility index (Phi) is 3.92. The van der Waals surface area contributed by atoms with Crippen molar-refractivity contribution in [3.05, 3.63) is 35.4 Å². The highest BCUT2D eigenvalue weighted by Crippen LogP contribution is 2.18. The molecule has 0 saturated heterocycles. The number of carbonyl (C=O) groups is 1. The number of esters is 1. The van der Waals surface area contributed by atoms with E-state index in [2.05, 4.69) is 0 Å². The van der Waals surface area contributed by atoms with E-state index in [0.29, 0.717) is 6.61 Å². The van der Waals surface area contributed by atoms with Gasteiger partial charge in [0.05, 0.1) is 6.61 Å². The summed E-state index contributed by atoms with van der Waals surface area (Å²) in [6.45, 7) is 3.93. The van der Waals surface area contributed by atoms with Gasteiger partial charge in [-0.05, 0) is 37.1 Å². The third-order valence-corrected chi connectivity index (χ3v) is 1.93. The number of hydrogen-bond acceptors (Lipinski definition) is 3. The Bertz CT molecular complexity index is 380. The highest BCUT2D eigenvalue weighted by atomic mass is 16.5. The van der Waals surface area contributed by atoms with Gasteiger partial charge in [-0.1, -0.05) is 12.1 Å². The van der Waals surface area contributed by atoms with E-state index in [9.17, 15) is 9.90 Å². The van der Waals surface area contributed by atoms with Crippen molar-refractivity contribution in [1.29, 1.82) is 0 Å². The Hall–Kier alpha value is -1.77. The lowest BCUT2D eigenvalue weighted by Crippen LogP contribution is -1.98. The number of phenolic OH excluding ortho intramolecular Hbond substituents is 1. The average molecular weight is 206 g/mol. The molecule has 0 aliphatic rings. The molecule has 1 N–H and O–H groups in total. The number of hydrogen-bond donors (Lipinski definition) is 1. The first-order chi connectivity index (χ1) is 7.13. The van der Waals surface area contributed by atoms with Crippen molar-refractivity contribution in [2.24, 2.45) is 0 Å². The van der Waals surface area contributed by atoms with Crippen LogP contribution in [0.5, 0.6) is 5.75 Å². The fourth-order valence-electron chi connectivity index (χ4n) is 1.08. The van der Waals surface area contributed by atoms with Gasteiger partial charge in [0, 0.05) is 6.08 Å². The van der Waals surface area contributed by atoms with E-state index >= 15 is 0 Å². The van der Waals surface area contributed by atoms with Crippen LogP contribution < -0.4 is 0 Å². The van der Waals surface area contributed by atoms with Gasteiger partial charge in [-0.15, -0.1) is 0 Å². The van der Waals surface area contributed by atoms with E-state index in [1.165, 1.54) is 6.08 Å². The number of ether oxygens (including phenoxy) is 1. The second-order valence-electron chi connectivity index (χ2n) is 3.13. The Balaban J connectivity index is 2.72. The van der Waals surface area contributed by atoms with Gasteiger partial charge in [-0.2, -0.15) is 0 Å². The number of aryl methyl sites for hydroxylation is 1. The number of carbonyl (C=O) groups excluding carboxylic acids is 1. The predicted octanol–water partition coefficient (Wildman–Crippen LogP) is 2.28. The topological polar surface area (TPSA) is 46.5 Å². The van der Waals surface area contributed by atoms with Gasteiger partial charge in [0.2, 0.25) is 0 Å². The molecule has 0 atom stereocenters. The third-order valence-electron chi connectivity index (χ3n) is 1.93. The molecular weight excluding hydrogens is 192 g/mol. The van der Waals surface area contributed by atoms with Gasteiger partial charge < -0.3 is 9.84 Å². The molecule has 0 aliphatic heterocycles. The van der Waals surface area contributed by atoms with Gasteiger partial charge in [-0.25, -0.2) is 4.79 Å². The maximum absolute atomic E-state index is 11.0. The first-order valence-corrected chi connectivity index (χ1v) is 4.78. The standard InChI is InChI=1S/C12H14O3/c1-3-15-12(14)7-6-10-5-4-9(2)11(13)8-10/h4-8,13H,3H2,1-2H3. The Labute approximate surface area is 89.0 Å². The summed E-state index contributed by atoms with van der Waals surface area (Å²) >= 11 is 0. The van der Waals surface area contributed by atoms with E-state index in [0.717, 1.165) is 11.1 Å². The maximum atomic E-state index is 11.0. The van der Waals surface area contributed by atoms with Crippen LogP contribution in [0.4, 0.5) is 0 Å². The minimum Gasteiger partial charge on any atom is -0.508 e. The molecule has 80 valence electrons. The largest absolute Gasteiger partial charge is 0.508 e. The maximum Gasteiger partial charge on any atom is 0.330 e. The minimum absolute atomic E-state index is 0.223. The molecule has 0 saturated carbocycles. The molecule has 0 fully saturated rings. The van der Waals surface area contributed by atoms with Crippen LogP contribution in [0.1, 0.15) is 18.1 Å². The molecule has 1 aromatic carbocycles. The normalized spacial score (nSPS) is 10.5. The molecule has 1 aromatic rings. The highest BCUT2D eigenvalue weighted by Gasteiger charge is 1.97. The molecule has 0 aromatic heterocycles. The summed E-state index contributed by atoms with van der Waals surface area (Å²) in [7, 11) is 0. The van der Waals surface area contributed by atoms with E-state index in [-0.39, 0.29) is 11.7 Å². The summed E-state index contributed by atoms with van der Waals surface area (Å²) in [5.74, 6) is -0.154. The zero-order chi connectivity index (χ0) is 11.3. The second-order valence-corrected chi connectivity index (χ2v) is 3.13. The fourth-order valence-corrected chi connectivity index (χ4v) is 1.08. The van der Waals surface area contributed by atoms with Gasteiger partial charge in [0.15, 0.2) is 0 Å². The van der Waals surface area contributed by atoms with Crippen molar-refractivity contribution in [1.82, 2.24) is 0 Å². The summed E-state index contributed by atoms with van der Waals surface area (Å²) in [4.78, 5) is 11.0. The van der Waals surface area contributed by atoms with Crippen LogP contribution in [0.3, 0.4) is 0 Å². The second kappa shape index (κ2) is 5.20. The SMILES string of the molecule is CCOC(=O)C=Cc1ccc(C)c(O)c1. The Morgan fingerprint density at radius 1 is 1.53 bits per heavy atom. The van der Waals surface area contributed by atoms with Gasteiger partial charge in [0.25, 0.3) is 0 Å². The summed E-state index contributed by atoms with van der Waals surface area (Å²) in [6.07, 6.45) is 2.95. The number of aromatic hydroxyl groups is 1. The lowest BCUT2D eigenvalue weighted by atomic mass is 10.1. The zero-order valence-electron chi connectivity index (χ0n) is 8.86. The molecule has 0 spiro atoms. The first kappa shape index (κ1) is 11.3. The van der Waals surface area contributed by atoms with Crippen LogP contribution in [0.15, 0.2) is 24.3 Å². The van der Waals surface area contributed by atoms with Crippen molar-refractivity contribution in [3.63, 3.8) is 0 Å². The molecule has 0 radical (unpaired) electrons. The molecule has 15 heavy (non-hydrogen) atoms. The van der Waals surface area contributed by atoms with E-state index in [1.54, 1.807) is 25.1 Å². The van der Waals surface area contributed by atoms with E-state index in [1.807, 2.05) is 13.0 Å². The highest BCUT2D eigenvalue weighted by molar-refractivity contribution is 5.87. The number of phenols is 1. The number of rotatable bonds is 3. The lowest BCUT2D eigenvalue weighted by molar-refractivity contribution is -0.137. The molecule has 3 heteroatoms. The zero-order valence-corrected chi connectivity index (χ0v) is 8.86. The lowest BCUT2D eigenvalue weighted by Gasteiger charge is -1.99. The van der Waals surface area contributed by atoms with Crippen LogP contribution >= 0.6 is 0 Å². The monoisotopic (exact) mass is 206 g/mol. The molecule has 0 aliphatic carbocycles. The predicted molar refractivity (Wildman–Crippen MR) is 58.5 cm³/mol. The Morgan fingerprint density at radius 2 is 2.27 bits per heavy atom. The van der Waals surface area contributed by atoms with Crippen LogP contribution in [-0.2, 0) is 9.53 Å². The van der Waals surface area contributed by atoms with Gasteiger partial charge >= 0.3 is 5.97 Å². The quantitative estimate of drug-likeness (QED) is 0.609. The Morgan fingerprint density at radius 3 is 2.87 bits per heavy atom. The fraction of sp³-hybridized carbons (Fsp3) is 0.250. The smallest absolute Gasteiger partial charge is 0.330 e. The molecule has 1 rings (SSSR count). The molecule has 0 bridgehead atoms. The summed E-state index contributed by atoms with van der Waals surface area (Å²) in [6, 6.07) is 5.22. The van der Waals surface area contributed by atoms with E-state index < -0.39 is 0 Å². The van der Waals surface area contributed by atoms with Crippen LogP contribution in [0.25, 0.3) is 6.08 Å². The molecule has 0 amide bonds.